The van der Waals surface area contributed by atoms with Gasteiger partial charge in [0.15, 0.2) is 17.9 Å². The molecular formula is C17H30O6. The summed E-state index contributed by atoms with van der Waals surface area (Å²) in [6.07, 6.45) is 2.15. The van der Waals surface area contributed by atoms with Crippen LogP contribution < -0.4 is 0 Å². The third kappa shape index (κ3) is 3.89. The predicted octanol–water partition coefficient (Wildman–Crippen LogP) is 2.59. The van der Waals surface area contributed by atoms with Crippen LogP contribution in [0.25, 0.3) is 0 Å². The van der Waals surface area contributed by atoms with Crippen LogP contribution in [0.15, 0.2) is 0 Å². The third-order valence-electron chi connectivity index (χ3n) is 4.48. The van der Waals surface area contributed by atoms with Gasteiger partial charge >= 0.3 is 0 Å². The van der Waals surface area contributed by atoms with Crippen LogP contribution in [-0.4, -0.2) is 55.5 Å². The van der Waals surface area contributed by atoms with Crippen molar-refractivity contribution in [1.29, 1.82) is 0 Å². The molecule has 3 aliphatic heterocycles. The minimum atomic E-state index is -0.641. The molecule has 23 heavy (non-hydrogen) atoms. The van der Waals surface area contributed by atoms with Gasteiger partial charge in [0.05, 0.1) is 6.61 Å². The third-order valence-corrected chi connectivity index (χ3v) is 4.48. The molecule has 3 aliphatic rings. The fourth-order valence-electron chi connectivity index (χ4n) is 3.44. The summed E-state index contributed by atoms with van der Waals surface area (Å²) in [5.41, 5.74) is 0. The first kappa shape index (κ1) is 17.6. The molecule has 3 saturated heterocycles. The smallest absolute Gasteiger partial charge is 0.190 e. The normalized spacial score (nSPS) is 41.3. The van der Waals surface area contributed by atoms with Gasteiger partial charge in [0.1, 0.15) is 24.4 Å². The molecule has 0 N–H and O–H groups in total. The molecule has 6 nitrogen and oxygen atoms in total. The lowest BCUT2D eigenvalue weighted by molar-refractivity contribution is -0.236. The van der Waals surface area contributed by atoms with E-state index in [1.165, 1.54) is 6.42 Å². The van der Waals surface area contributed by atoms with Crippen LogP contribution >= 0.6 is 0 Å². The number of unbranched alkanes of at least 4 members (excludes halogenated alkanes) is 2. The first-order valence-electron chi connectivity index (χ1n) is 8.76. The highest BCUT2D eigenvalue weighted by Gasteiger charge is 2.58. The van der Waals surface area contributed by atoms with E-state index < -0.39 is 17.9 Å². The van der Waals surface area contributed by atoms with Gasteiger partial charge in [0.2, 0.25) is 0 Å². The van der Waals surface area contributed by atoms with Gasteiger partial charge in [0.25, 0.3) is 0 Å². The second kappa shape index (κ2) is 6.58. The van der Waals surface area contributed by atoms with E-state index in [1.54, 1.807) is 0 Å². The van der Waals surface area contributed by atoms with E-state index in [0.717, 1.165) is 12.8 Å². The molecule has 0 aromatic heterocycles. The Hall–Kier alpha value is -0.240. The zero-order valence-corrected chi connectivity index (χ0v) is 14.9. The van der Waals surface area contributed by atoms with Crippen LogP contribution in [0.4, 0.5) is 0 Å². The summed E-state index contributed by atoms with van der Waals surface area (Å²) in [7, 11) is 0. The first-order chi connectivity index (χ1) is 10.8. The van der Waals surface area contributed by atoms with E-state index in [9.17, 15) is 0 Å². The Bertz CT molecular complexity index is 410. The fourth-order valence-corrected chi connectivity index (χ4v) is 3.44. The molecule has 0 aromatic carbocycles. The summed E-state index contributed by atoms with van der Waals surface area (Å²) in [4.78, 5) is 0. The lowest BCUT2D eigenvalue weighted by atomic mass is 10.1. The van der Waals surface area contributed by atoms with Crippen molar-refractivity contribution in [3.05, 3.63) is 0 Å². The van der Waals surface area contributed by atoms with Crippen molar-refractivity contribution < 1.29 is 28.4 Å². The molecule has 0 aromatic rings. The maximum atomic E-state index is 6.14. The Labute approximate surface area is 138 Å². The molecule has 0 amide bonds. The van der Waals surface area contributed by atoms with E-state index in [2.05, 4.69) is 6.92 Å². The average Bonchev–Trinajstić information content (AvgIpc) is 3.05. The van der Waals surface area contributed by atoms with Crippen LogP contribution in [0, 0.1) is 0 Å². The monoisotopic (exact) mass is 330 g/mol. The Balaban J connectivity index is 1.66. The highest BCUT2D eigenvalue weighted by atomic mass is 16.8. The molecule has 3 heterocycles. The minimum absolute atomic E-state index is 0.165. The number of hydrogen-bond donors (Lipinski definition) is 0. The summed E-state index contributed by atoms with van der Waals surface area (Å²) in [6.45, 7) is 11.0. The van der Waals surface area contributed by atoms with Gasteiger partial charge < -0.3 is 28.4 Å². The molecule has 0 bridgehead atoms. The summed E-state index contributed by atoms with van der Waals surface area (Å²) < 4.78 is 35.7. The Morgan fingerprint density at radius 1 is 0.957 bits per heavy atom. The van der Waals surface area contributed by atoms with Gasteiger partial charge in [-0.05, 0) is 34.1 Å². The van der Waals surface area contributed by atoms with E-state index in [4.69, 9.17) is 28.4 Å². The molecule has 0 saturated carbocycles. The topological polar surface area (TPSA) is 55.4 Å². The predicted molar refractivity (Wildman–Crippen MR) is 82.9 cm³/mol. The van der Waals surface area contributed by atoms with Gasteiger partial charge in [-0.1, -0.05) is 19.8 Å². The lowest BCUT2D eigenvalue weighted by Gasteiger charge is -2.29. The molecule has 0 unspecified atom stereocenters. The Morgan fingerprint density at radius 2 is 1.74 bits per heavy atom. The van der Waals surface area contributed by atoms with E-state index >= 15 is 0 Å². The van der Waals surface area contributed by atoms with Gasteiger partial charge in [-0.15, -0.1) is 0 Å². The summed E-state index contributed by atoms with van der Waals surface area (Å²) in [6, 6.07) is 0. The molecule has 0 spiro atoms. The van der Waals surface area contributed by atoms with Gasteiger partial charge in [-0.25, -0.2) is 0 Å². The number of fused-ring (bicyclic) bond motifs is 1. The molecule has 0 aliphatic carbocycles. The number of ether oxygens (including phenoxy) is 6. The van der Waals surface area contributed by atoms with E-state index in [1.807, 2.05) is 27.7 Å². The maximum absolute atomic E-state index is 6.14. The SMILES string of the molecule is CCCCCO[C@@H]1[C@H]([C@@H]2COC(C)(C)O2)O[C@@H]2OC(C)(C)O[C@@H]21. The van der Waals surface area contributed by atoms with Gasteiger partial charge in [-0.2, -0.15) is 0 Å². The van der Waals surface area contributed by atoms with E-state index in [-0.39, 0.29) is 24.4 Å². The molecule has 0 radical (unpaired) electrons. The summed E-state index contributed by atoms with van der Waals surface area (Å²) >= 11 is 0. The zero-order valence-electron chi connectivity index (χ0n) is 14.9. The molecule has 3 fully saturated rings. The van der Waals surface area contributed by atoms with Crippen molar-refractivity contribution in [1.82, 2.24) is 0 Å². The van der Waals surface area contributed by atoms with Crippen LogP contribution in [-0.2, 0) is 28.4 Å². The van der Waals surface area contributed by atoms with Crippen molar-refractivity contribution >= 4 is 0 Å². The van der Waals surface area contributed by atoms with Crippen LogP contribution in [0.5, 0.6) is 0 Å². The Morgan fingerprint density at radius 3 is 2.39 bits per heavy atom. The zero-order chi connectivity index (χ0) is 16.7. The fraction of sp³-hybridized carbons (Fsp3) is 1.00. The molecule has 5 atom stereocenters. The van der Waals surface area contributed by atoms with Crippen molar-refractivity contribution in [2.24, 2.45) is 0 Å². The molecular weight excluding hydrogens is 300 g/mol. The Kier molecular flexibility index (Phi) is 5.03. The van der Waals surface area contributed by atoms with Crippen molar-refractivity contribution in [3.63, 3.8) is 0 Å². The van der Waals surface area contributed by atoms with Crippen LogP contribution in [0.1, 0.15) is 53.9 Å². The highest BCUT2D eigenvalue weighted by Crippen LogP contribution is 2.41. The largest absolute Gasteiger partial charge is 0.372 e. The van der Waals surface area contributed by atoms with Gasteiger partial charge in [-0.3, -0.25) is 0 Å². The molecule has 3 rings (SSSR count). The maximum Gasteiger partial charge on any atom is 0.190 e. The van der Waals surface area contributed by atoms with Gasteiger partial charge in [0, 0.05) is 6.61 Å². The van der Waals surface area contributed by atoms with Crippen LogP contribution in [0.3, 0.4) is 0 Å². The summed E-state index contributed by atoms with van der Waals surface area (Å²) in [5.74, 6) is -1.23. The van der Waals surface area contributed by atoms with E-state index in [0.29, 0.717) is 13.2 Å². The molecule has 6 heteroatoms. The molecule has 134 valence electrons. The minimum Gasteiger partial charge on any atom is -0.372 e. The number of hydrogen-bond acceptors (Lipinski definition) is 6. The standard InChI is InChI=1S/C17H30O6/c1-6-7-8-9-18-13-12(11-10-19-16(2,3)21-11)20-15-14(13)22-17(4,5)23-15/h11-15H,6-10H2,1-5H3/t11-,12-,13+,14+,15+/m0/s1. The summed E-state index contributed by atoms with van der Waals surface area (Å²) in [5, 5.41) is 0. The lowest BCUT2D eigenvalue weighted by Crippen LogP contribution is -2.44. The second-order valence-corrected chi connectivity index (χ2v) is 7.48. The van der Waals surface area contributed by atoms with Crippen molar-refractivity contribution in [3.8, 4) is 0 Å². The quantitative estimate of drug-likeness (QED) is 0.698. The average molecular weight is 330 g/mol. The number of rotatable bonds is 6. The van der Waals surface area contributed by atoms with Crippen LogP contribution in [0.2, 0.25) is 0 Å². The highest BCUT2D eigenvalue weighted by molar-refractivity contribution is 4.98. The second-order valence-electron chi connectivity index (χ2n) is 7.48. The van der Waals surface area contributed by atoms with Crippen molar-refractivity contribution in [2.75, 3.05) is 13.2 Å². The van der Waals surface area contributed by atoms with Crippen molar-refractivity contribution in [2.45, 2.75) is 96.2 Å². The first-order valence-corrected chi connectivity index (χ1v) is 8.76.